The molecule has 2 aromatic carbocycles. The topological polar surface area (TPSA) is 37.2 Å². The van der Waals surface area contributed by atoms with Crippen LogP contribution in [0.2, 0.25) is 0 Å². The highest BCUT2D eigenvalue weighted by molar-refractivity contribution is 5.52. The number of ether oxygens (including phenoxy) is 1. The fourth-order valence-electron chi connectivity index (χ4n) is 4.09. The first-order valence-corrected chi connectivity index (χ1v) is 13.6. The van der Waals surface area contributed by atoms with Gasteiger partial charge in [0.15, 0.2) is 0 Å². The molecule has 2 aromatic rings. The molecule has 0 aromatic heterocycles. The molecule has 0 amide bonds. The maximum atomic E-state index is 6.00. The third-order valence-electron chi connectivity index (χ3n) is 6.57. The summed E-state index contributed by atoms with van der Waals surface area (Å²) < 4.78 is 7.01. The van der Waals surface area contributed by atoms with Crippen LogP contribution in [0.15, 0.2) is 58.8 Å². The molecule has 0 aliphatic rings. The zero-order valence-electron chi connectivity index (χ0n) is 23.0. The Balaban J connectivity index is 1.60. The number of rotatable bonds is 18. The second kappa shape index (κ2) is 16.3. The Kier molecular flexibility index (Phi) is 13.4. The summed E-state index contributed by atoms with van der Waals surface area (Å²) in [5, 5.41) is 8.67. The van der Waals surface area contributed by atoms with E-state index in [1.54, 1.807) is 0 Å². The molecule has 0 saturated carbocycles. The van der Waals surface area contributed by atoms with Crippen molar-refractivity contribution in [1.82, 2.24) is 0 Å². The predicted octanol–water partition coefficient (Wildman–Crippen LogP) is 8.54. The molecule has 0 atom stereocenters. The fourth-order valence-corrected chi connectivity index (χ4v) is 4.09. The minimum absolute atomic E-state index is 0.726. The van der Waals surface area contributed by atoms with Gasteiger partial charge in [0.1, 0.15) is 18.9 Å². The van der Waals surface area contributed by atoms with Crippen LogP contribution in [0.3, 0.4) is 0 Å². The smallest absolute Gasteiger partial charge is 0.137 e. The van der Waals surface area contributed by atoms with E-state index < -0.39 is 0 Å². The molecule has 0 aliphatic heterocycles. The van der Waals surface area contributed by atoms with E-state index in [2.05, 4.69) is 36.1 Å². The molecule has 0 saturated heterocycles. The van der Waals surface area contributed by atoms with Crippen molar-refractivity contribution in [2.45, 2.75) is 71.1 Å². The van der Waals surface area contributed by atoms with E-state index in [-0.39, 0.29) is 0 Å². The lowest BCUT2D eigenvalue weighted by molar-refractivity contribution is -0.890. The second-order valence-corrected chi connectivity index (χ2v) is 10.5. The summed E-state index contributed by atoms with van der Waals surface area (Å²) in [6, 6.07) is 15.9. The van der Waals surface area contributed by atoms with Gasteiger partial charge in [0.05, 0.1) is 32.0 Å². The third kappa shape index (κ3) is 12.7. The van der Waals surface area contributed by atoms with E-state index in [0.717, 1.165) is 40.4 Å². The van der Waals surface area contributed by atoms with Crippen molar-refractivity contribution in [3.05, 3.63) is 48.5 Å². The molecule has 194 valence electrons. The second-order valence-electron chi connectivity index (χ2n) is 10.5. The molecule has 0 N–H and O–H groups in total. The van der Waals surface area contributed by atoms with Crippen LogP contribution in [0.4, 0.5) is 17.1 Å². The van der Waals surface area contributed by atoms with Crippen LogP contribution in [0.1, 0.15) is 71.1 Å². The molecule has 0 bridgehead atoms. The van der Waals surface area contributed by atoms with Crippen molar-refractivity contribution >= 4 is 17.1 Å². The monoisotopic (exact) mass is 481 g/mol. The van der Waals surface area contributed by atoms with Crippen LogP contribution in [0, 0.1) is 0 Å². The van der Waals surface area contributed by atoms with Gasteiger partial charge in [0, 0.05) is 19.8 Å². The Labute approximate surface area is 214 Å². The Morgan fingerprint density at radius 3 is 1.66 bits per heavy atom. The van der Waals surface area contributed by atoms with E-state index in [4.69, 9.17) is 4.74 Å². The predicted molar refractivity (Wildman–Crippen MR) is 151 cm³/mol. The zero-order valence-corrected chi connectivity index (χ0v) is 23.0. The first-order valence-electron chi connectivity index (χ1n) is 13.6. The van der Waals surface area contributed by atoms with Gasteiger partial charge in [-0.3, -0.25) is 0 Å². The summed E-state index contributed by atoms with van der Waals surface area (Å²) >= 11 is 0. The highest BCUT2D eigenvalue weighted by atomic mass is 16.5. The number of hydrogen-bond donors (Lipinski definition) is 0. The molecule has 0 unspecified atom stereocenters. The van der Waals surface area contributed by atoms with Crippen molar-refractivity contribution in [3.8, 4) is 5.75 Å². The van der Waals surface area contributed by atoms with Crippen LogP contribution >= 0.6 is 0 Å². The molecule has 0 heterocycles. The van der Waals surface area contributed by atoms with Crippen molar-refractivity contribution in [2.24, 2.45) is 10.2 Å². The lowest BCUT2D eigenvalue weighted by Gasteiger charge is -2.29. The molecular formula is C30H49N4O+. The molecule has 0 radical (unpaired) electrons. The highest BCUT2D eigenvalue weighted by Gasteiger charge is 2.14. The Morgan fingerprint density at radius 1 is 0.657 bits per heavy atom. The average molecular weight is 482 g/mol. The Morgan fingerprint density at radius 2 is 1.14 bits per heavy atom. The van der Waals surface area contributed by atoms with Gasteiger partial charge in [0.25, 0.3) is 0 Å². The van der Waals surface area contributed by atoms with Gasteiger partial charge in [-0.05, 0) is 61.4 Å². The van der Waals surface area contributed by atoms with Gasteiger partial charge < -0.3 is 14.1 Å². The van der Waals surface area contributed by atoms with Crippen LogP contribution in [-0.4, -0.2) is 52.4 Å². The average Bonchev–Trinajstić information content (AvgIpc) is 2.85. The van der Waals surface area contributed by atoms with Crippen molar-refractivity contribution in [3.63, 3.8) is 0 Å². The number of hydrogen-bond acceptors (Lipinski definition) is 4. The largest absolute Gasteiger partial charge is 0.488 e. The zero-order chi connectivity index (χ0) is 25.4. The van der Waals surface area contributed by atoms with E-state index in [0.29, 0.717) is 0 Å². The van der Waals surface area contributed by atoms with Crippen LogP contribution in [-0.2, 0) is 0 Å². The molecule has 0 spiro atoms. The number of benzene rings is 2. The molecule has 5 nitrogen and oxygen atoms in total. The van der Waals surface area contributed by atoms with Gasteiger partial charge in [-0.25, -0.2) is 0 Å². The van der Waals surface area contributed by atoms with Crippen LogP contribution in [0.5, 0.6) is 5.75 Å². The SMILES string of the molecule is CCCCCCCCCCCC[N+](C)(C)CCOc1ccc(N=Nc2ccc(N(C)C)cc2)cc1. The summed E-state index contributed by atoms with van der Waals surface area (Å²) in [5.41, 5.74) is 2.82. The van der Waals surface area contributed by atoms with Gasteiger partial charge in [-0.2, -0.15) is 10.2 Å². The number of azo groups is 1. The molecule has 35 heavy (non-hydrogen) atoms. The molecule has 5 heteroatoms. The van der Waals surface area contributed by atoms with E-state index in [1.165, 1.54) is 70.8 Å². The standard InChI is InChI=1S/C30H49N4O/c1-6-7-8-9-10-11-12-13-14-15-24-34(4,5)25-26-35-30-22-18-28(19-23-30)32-31-27-16-20-29(21-17-27)33(2)3/h16-23H,6-15,24-26H2,1-5H3/q+1. The summed E-state index contributed by atoms with van der Waals surface area (Å²) in [4.78, 5) is 2.07. The molecular weight excluding hydrogens is 432 g/mol. The Hall–Kier alpha value is -2.40. The summed E-state index contributed by atoms with van der Waals surface area (Å²) in [6.45, 7) is 5.24. The number of nitrogens with zero attached hydrogens (tertiary/aromatic N) is 4. The van der Waals surface area contributed by atoms with E-state index in [9.17, 15) is 0 Å². The number of quaternary nitrogens is 1. The minimum atomic E-state index is 0.726. The first kappa shape index (κ1) is 28.8. The van der Waals surface area contributed by atoms with E-state index in [1.807, 2.05) is 62.6 Å². The first-order chi connectivity index (χ1) is 16.9. The van der Waals surface area contributed by atoms with Gasteiger partial charge in [-0.1, -0.05) is 58.3 Å². The molecule has 2 rings (SSSR count). The minimum Gasteiger partial charge on any atom is -0.488 e. The normalized spacial score (nSPS) is 11.8. The molecule has 0 aliphatic carbocycles. The van der Waals surface area contributed by atoms with Crippen molar-refractivity contribution < 1.29 is 9.22 Å². The van der Waals surface area contributed by atoms with Crippen molar-refractivity contribution in [2.75, 3.05) is 52.8 Å². The van der Waals surface area contributed by atoms with E-state index >= 15 is 0 Å². The Bertz CT molecular complexity index is 828. The van der Waals surface area contributed by atoms with Gasteiger partial charge in [0.2, 0.25) is 0 Å². The van der Waals surface area contributed by atoms with Gasteiger partial charge >= 0.3 is 0 Å². The fraction of sp³-hybridized carbons (Fsp3) is 0.600. The van der Waals surface area contributed by atoms with Crippen LogP contribution < -0.4 is 9.64 Å². The third-order valence-corrected chi connectivity index (χ3v) is 6.57. The van der Waals surface area contributed by atoms with Gasteiger partial charge in [-0.15, -0.1) is 0 Å². The van der Waals surface area contributed by atoms with Crippen LogP contribution in [0.25, 0.3) is 0 Å². The summed E-state index contributed by atoms with van der Waals surface area (Å²) in [5.74, 6) is 0.887. The maximum absolute atomic E-state index is 6.00. The number of unbranched alkanes of at least 4 members (excludes halogenated alkanes) is 9. The summed E-state index contributed by atoms with van der Waals surface area (Å²) in [6.07, 6.45) is 13.9. The maximum Gasteiger partial charge on any atom is 0.137 e. The number of anilines is 1. The van der Waals surface area contributed by atoms with Crippen molar-refractivity contribution in [1.29, 1.82) is 0 Å². The lowest BCUT2D eigenvalue weighted by atomic mass is 10.1. The highest BCUT2D eigenvalue weighted by Crippen LogP contribution is 2.23. The lowest BCUT2D eigenvalue weighted by Crippen LogP contribution is -2.43. The quantitative estimate of drug-likeness (QED) is 0.121. The summed E-state index contributed by atoms with van der Waals surface area (Å²) in [7, 11) is 8.68. The number of likely N-dealkylation sites (N-methyl/N-ethyl adjacent to an activating group) is 1. The molecule has 0 fully saturated rings.